The second kappa shape index (κ2) is 5.93. The van der Waals surface area contributed by atoms with Crippen molar-refractivity contribution in [1.82, 2.24) is 9.99 Å². The van der Waals surface area contributed by atoms with Gasteiger partial charge in [-0.1, -0.05) is 13.3 Å². The third-order valence-electron chi connectivity index (χ3n) is 2.27. The van der Waals surface area contributed by atoms with Crippen LogP contribution in [0, 0.1) is 0 Å². The number of nitrogen functional groups attached to an aromatic ring is 1. The molecule has 0 spiro atoms. The lowest BCUT2D eigenvalue weighted by atomic mass is 10.3. The molecule has 0 radical (unpaired) electrons. The molecule has 1 amide bonds. The minimum atomic E-state index is -0.448. The van der Waals surface area contributed by atoms with Crippen LogP contribution in [0.15, 0.2) is 17.1 Å². The topological polar surface area (TPSA) is 86.3 Å². The van der Waals surface area contributed by atoms with E-state index in [0.717, 1.165) is 17.5 Å². The second-order valence-corrected chi connectivity index (χ2v) is 3.55. The minimum Gasteiger partial charge on any atom is -0.487 e. The van der Waals surface area contributed by atoms with Crippen molar-refractivity contribution in [2.24, 2.45) is 0 Å². The number of rotatable bonds is 5. The van der Waals surface area contributed by atoms with Crippen molar-refractivity contribution in [3.8, 4) is 5.75 Å². The van der Waals surface area contributed by atoms with Crippen molar-refractivity contribution in [2.45, 2.75) is 19.8 Å². The highest BCUT2D eigenvalue weighted by Gasteiger charge is 2.17. The Balaban J connectivity index is 3.11. The molecule has 0 unspecified atom stereocenters. The summed E-state index contributed by atoms with van der Waals surface area (Å²) < 4.78 is 6.42. The lowest BCUT2D eigenvalue weighted by Gasteiger charge is -2.12. The van der Waals surface area contributed by atoms with Crippen molar-refractivity contribution >= 4 is 5.91 Å². The molecule has 94 valence electrons. The van der Waals surface area contributed by atoms with E-state index in [9.17, 15) is 9.59 Å². The number of aromatic nitrogens is 1. The van der Waals surface area contributed by atoms with Gasteiger partial charge in [-0.05, 0) is 6.42 Å². The quantitative estimate of drug-likeness (QED) is 0.563. The van der Waals surface area contributed by atoms with Gasteiger partial charge in [-0.15, -0.1) is 0 Å². The molecule has 0 fully saturated rings. The van der Waals surface area contributed by atoms with E-state index >= 15 is 0 Å². The summed E-state index contributed by atoms with van der Waals surface area (Å²) in [6.45, 7) is 2.40. The molecule has 6 heteroatoms. The SMILES string of the molecule is CCCCOc1c(C(=O)NC)n(N)ccc1=O. The van der Waals surface area contributed by atoms with Gasteiger partial charge in [0.25, 0.3) is 5.91 Å². The summed E-state index contributed by atoms with van der Waals surface area (Å²) in [5.41, 5.74) is -0.308. The smallest absolute Gasteiger partial charge is 0.273 e. The lowest BCUT2D eigenvalue weighted by Crippen LogP contribution is -2.30. The summed E-state index contributed by atoms with van der Waals surface area (Å²) >= 11 is 0. The predicted molar refractivity (Wildman–Crippen MR) is 64.6 cm³/mol. The molecule has 0 atom stereocenters. The molecule has 0 aliphatic carbocycles. The number of nitrogens with zero attached hydrogens (tertiary/aromatic N) is 1. The van der Waals surface area contributed by atoms with E-state index in [0.29, 0.717) is 6.61 Å². The van der Waals surface area contributed by atoms with Crippen LogP contribution in [-0.4, -0.2) is 24.2 Å². The number of pyridine rings is 1. The average molecular weight is 239 g/mol. The lowest BCUT2D eigenvalue weighted by molar-refractivity contribution is 0.0950. The van der Waals surface area contributed by atoms with Crippen LogP contribution in [0.3, 0.4) is 0 Å². The zero-order valence-electron chi connectivity index (χ0n) is 10.0. The average Bonchev–Trinajstić information content (AvgIpc) is 2.33. The van der Waals surface area contributed by atoms with Crippen molar-refractivity contribution < 1.29 is 9.53 Å². The summed E-state index contributed by atoms with van der Waals surface area (Å²) in [5, 5.41) is 2.42. The number of hydrogen-bond acceptors (Lipinski definition) is 4. The van der Waals surface area contributed by atoms with E-state index < -0.39 is 5.91 Å². The van der Waals surface area contributed by atoms with Gasteiger partial charge in [-0.2, -0.15) is 0 Å². The number of nitrogens with one attached hydrogen (secondary N) is 1. The summed E-state index contributed by atoms with van der Waals surface area (Å²) in [5.74, 6) is 5.16. The number of carbonyl (C=O) groups excluding carboxylic acids is 1. The maximum atomic E-state index is 11.6. The van der Waals surface area contributed by atoms with Gasteiger partial charge in [-0.3, -0.25) is 14.3 Å². The highest BCUT2D eigenvalue weighted by atomic mass is 16.5. The molecule has 17 heavy (non-hydrogen) atoms. The third kappa shape index (κ3) is 2.99. The Bertz CT molecular complexity index is 454. The Labute approximate surface area is 99.3 Å². The highest BCUT2D eigenvalue weighted by Crippen LogP contribution is 2.11. The molecular weight excluding hydrogens is 222 g/mol. The molecule has 6 nitrogen and oxygen atoms in total. The third-order valence-corrected chi connectivity index (χ3v) is 2.27. The predicted octanol–water partition coefficient (Wildman–Crippen LogP) is 0.101. The monoisotopic (exact) mass is 239 g/mol. The van der Waals surface area contributed by atoms with Crippen molar-refractivity contribution in [3.05, 3.63) is 28.2 Å². The zero-order chi connectivity index (χ0) is 12.8. The normalized spacial score (nSPS) is 10.0. The van der Waals surface area contributed by atoms with Crippen molar-refractivity contribution in [3.63, 3.8) is 0 Å². The second-order valence-electron chi connectivity index (χ2n) is 3.55. The maximum absolute atomic E-state index is 11.6. The number of unbranched alkanes of at least 4 members (excludes halogenated alkanes) is 1. The fourth-order valence-corrected chi connectivity index (χ4v) is 1.33. The van der Waals surface area contributed by atoms with Crippen LogP contribution < -0.4 is 21.3 Å². The first-order valence-electron chi connectivity index (χ1n) is 5.47. The standard InChI is InChI=1S/C11H17N3O3/c1-3-4-7-17-10-8(15)5-6-14(12)9(10)11(16)13-2/h5-6H,3-4,7,12H2,1-2H3,(H,13,16). The highest BCUT2D eigenvalue weighted by molar-refractivity contribution is 5.95. The Morgan fingerprint density at radius 3 is 2.88 bits per heavy atom. The van der Waals surface area contributed by atoms with E-state index in [-0.39, 0.29) is 16.9 Å². The summed E-state index contributed by atoms with van der Waals surface area (Å²) in [6.07, 6.45) is 3.09. The van der Waals surface area contributed by atoms with Crippen LogP contribution in [-0.2, 0) is 0 Å². The fraction of sp³-hybridized carbons (Fsp3) is 0.455. The molecule has 1 aromatic heterocycles. The first kappa shape index (κ1) is 13.1. The summed E-state index contributed by atoms with van der Waals surface area (Å²) in [6, 6.07) is 1.27. The number of hydrogen-bond donors (Lipinski definition) is 2. The number of amides is 1. The van der Waals surface area contributed by atoms with Crippen LogP contribution in [0.25, 0.3) is 0 Å². The van der Waals surface area contributed by atoms with Crippen LogP contribution in [0.2, 0.25) is 0 Å². The van der Waals surface area contributed by atoms with Crippen molar-refractivity contribution in [1.29, 1.82) is 0 Å². The van der Waals surface area contributed by atoms with Gasteiger partial charge in [0, 0.05) is 19.3 Å². The largest absolute Gasteiger partial charge is 0.487 e. The van der Waals surface area contributed by atoms with Crippen LogP contribution in [0.4, 0.5) is 0 Å². The van der Waals surface area contributed by atoms with E-state index in [1.807, 2.05) is 6.92 Å². The molecule has 0 saturated carbocycles. The molecule has 0 aromatic carbocycles. The van der Waals surface area contributed by atoms with Gasteiger partial charge in [0.05, 0.1) is 6.61 Å². The molecule has 1 aromatic rings. The molecule has 0 bridgehead atoms. The molecule has 1 heterocycles. The van der Waals surface area contributed by atoms with E-state index in [2.05, 4.69) is 5.32 Å². The fourth-order valence-electron chi connectivity index (χ4n) is 1.33. The van der Waals surface area contributed by atoms with E-state index in [4.69, 9.17) is 10.6 Å². The molecule has 1 rings (SSSR count). The van der Waals surface area contributed by atoms with Gasteiger partial charge in [0.15, 0.2) is 11.4 Å². The van der Waals surface area contributed by atoms with Gasteiger partial charge < -0.3 is 15.9 Å². The summed E-state index contributed by atoms with van der Waals surface area (Å²) in [4.78, 5) is 23.2. The van der Waals surface area contributed by atoms with Crippen molar-refractivity contribution in [2.75, 3.05) is 19.5 Å². The van der Waals surface area contributed by atoms with Gasteiger partial charge >= 0.3 is 0 Å². The number of carbonyl (C=O) groups is 1. The molecule has 0 saturated heterocycles. The Kier molecular flexibility index (Phi) is 4.56. The number of ether oxygens (including phenoxy) is 1. The first-order valence-corrected chi connectivity index (χ1v) is 5.47. The minimum absolute atomic E-state index is 0.00259. The molecular formula is C11H17N3O3. The molecule has 0 aliphatic heterocycles. The van der Waals surface area contributed by atoms with Gasteiger partial charge in [-0.25, -0.2) is 0 Å². The van der Waals surface area contributed by atoms with Gasteiger partial charge in [0.2, 0.25) is 5.43 Å². The summed E-state index contributed by atoms with van der Waals surface area (Å²) in [7, 11) is 1.47. The Morgan fingerprint density at radius 1 is 1.59 bits per heavy atom. The Hall–Kier alpha value is -1.98. The Morgan fingerprint density at radius 2 is 2.29 bits per heavy atom. The van der Waals surface area contributed by atoms with Crippen LogP contribution >= 0.6 is 0 Å². The van der Waals surface area contributed by atoms with Gasteiger partial charge in [0.1, 0.15) is 0 Å². The first-order chi connectivity index (χ1) is 8.11. The molecule has 3 N–H and O–H groups in total. The molecule has 0 aliphatic rings. The maximum Gasteiger partial charge on any atom is 0.273 e. The van der Waals surface area contributed by atoms with Crippen LogP contribution in [0.5, 0.6) is 5.75 Å². The van der Waals surface area contributed by atoms with E-state index in [1.54, 1.807) is 0 Å². The zero-order valence-corrected chi connectivity index (χ0v) is 10.0. The van der Waals surface area contributed by atoms with E-state index in [1.165, 1.54) is 19.3 Å². The number of nitrogens with two attached hydrogens (primary N) is 1. The van der Waals surface area contributed by atoms with Crippen LogP contribution in [0.1, 0.15) is 30.3 Å².